The Labute approximate surface area is 255 Å². The number of pyridine rings is 1. The van der Waals surface area contributed by atoms with Crippen molar-refractivity contribution in [2.75, 3.05) is 26.2 Å². The van der Waals surface area contributed by atoms with Gasteiger partial charge in [0.1, 0.15) is 29.9 Å². The lowest BCUT2D eigenvalue weighted by molar-refractivity contribution is -0.143. The molecule has 13 heteroatoms. The van der Waals surface area contributed by atoms with Gasteiger partial charge in [-0.3, -0.25) is 24.0 Å². The van der Waals surface area contributed by atoms with Crippen molar-refractivity contribution in [3.63, 3.8) is 0 Å². The minimum atomic E-state index is -1.04. The van der Waals surface area contributed by atoms with Crippen molar-refractivity contribution in [1.82, 2.24) is 30.7 Å². The number of aliphatic hydroxyl groups excluding tert-OH is 1. The number of aliphatic hydroxyl groups is 1. The van der Waals surface area contributed by atoms with Crippen LogP contribution in [0.3, 0.4) is 0 Å². The average molecular weight is 604 g/mol. The molecule has 0 aliphatic carbocycles. The van der Waals surface area contributed by atoms with Crippen LogP contribution in [0, 0.1) is 17.2 Å². The molecule has 2 aliphatic heterocycles. The van der Waals surface area contributed by atoms with Crippen molar-refractivity contribution in [1.29, 1.82) is 5.26 Å². The Bertz CT molecular complexity index is 1410. The van der Waals surface area contributed by atoms with E-state index in [0.717, 1.165) is 5.56 Å². The standard InChI is InChI=1S/C31H37N7O6/c1-3-19(2)27-31(44)38-17-23(39)14-25(38)29(42)35-24(13-20-7-5-4-6-8-20)28(41)33-11-12-37(18-26(40)36-27)30(43)21-9-10-22(15-32)34-16-21/h4-10,16,19,23-25,27,39H,3,11-14,17-18H2,1-2H3,(H,33,41)(H,35,42)(H,36,40)/t19-,23+,24-,25-,27-/m0/s1. The Kier molecular flexibility index (Phi) is 10.6. The van der Waals surface area contributed by atoms with Crippen LogP contribution >= 0.6 is 0 Å². The van der Waals surface area contributed by atoms with Crippen molar-refractivity contribution >= 4 is 29.5 Å². The molecule has 0 unspecified atom stereocenters. The van der Waals surface area contributed by atoms with Gasteiger partial charge in [-0.1, -0.05) is 50.6 Å². The summed E-state index contributed by atoms with van der Waals surface area (Å²) in [6, 6.07) is 10.7. The Balaban J connectivity index is 1.67. The van der Waals surface area contributed by atoms with E-state index < -0.39 is 60.3 Å². The number of benzene rings is 1. The normalized spacial score (nSPS) is 24.1. The summed E-state index contributed by atoms with van der Waals surface area (Å²) >= 11 is 0. The fourth-order valence-corrected chi connectivity index (χ4v) is 5.35. The van der Waals surface area contributed by atoms with Gasteiger partial charge in [0, 0.05) is 38.7 Å². The molecular weight excluding hydrogens is 566 g/mol. The van der Waals surface area contributed by atoms with Crippen molar-refractivity contribution < 1.29 is 29.1 Å². The number of carbonyl (C=O) groups excluding carboxylic acids is 5. The fourth-order valence-electron chi connectivity index (χ4n) is 5.35. The third-order valence-electron chi connectivity index (χ3n) is 8.00. The lowest BCUT2D eigenvalue weighted by atomic mass is 9.97. The Morgan fingerprint density at radius 1 is 1.11 bits per heavy atom. The first kappa shape index (κ1) is 32.1. The Morgan fingerprint density at radius 3 is 2.52 bits per heavy atom. The molecule has 13 nitrogen and oxygen atoms in total. The molecule has 44 heavy (non-hydrogen) atoms. The number of nitrogens with zero attached hydrogens (tertiary/aromatic N) is 4. The van der Waals surface area contributed by atoms with E-state index >= 15 is 0 Å². The number of amides is 5. The van der Waals surface area contributed by atoms with E-state index in [-0.39, 0.29) is 49.7 Å². The second-order valence-corrected chi connectivity index (χ2v) is 11.1. The molecule has 2 aromatic rings. The Hall–Kier alpha value is -4.83. The van der Waals surface area contributed by atoms with Crippen LogP contribution in [0.1, 0.15) is 48.3 Å². The smallest absolute Gasteiger partial charge is 0.255 e. The lowest BCUT2D eigenvalue weighted by Gasteiger charge is -2.32. The van der Waals surface area contributed by atoms with E-state index in [1.807, 2.05) is 43.3 Å². The van der Waals surface area contributed by atoms with Gasteiger partial charge in [0.25, 0.3) is 5.91 Å². The molecule has 0 saturated carbocycles. The number of fused-ring (bicyclic) bond motifs is 1. The van der Waals surface area contributed by atoms with E-state index in [9.17, 15) is 29.1 Å². The summed E-state index contributed by atoms with van der Waals surface area (Å²) in [4.78, 5) is 74.0. The highest BCUT2D eigenvalue weighted by Gasteiger charge is 2.43. The number of hydrogen-bond acceptors (Lipinski definition) is 8. The van der Waals surface area contributed by atoms with Gasteiger partial charge in [-0.2, -0.15) is 5.26 Å². The van der Waals surface area contributed by atoms with Crippen LogP contribution in [0.5, 0.6) is 0 Å². The topological polar surface area (TPSA) is 185 Å². The van der Waals surface area contributed by atoms with Crippen molar-refractivity contribution in [3.8, 4) is 6.07 Å². The maximum absolute atomic E-state index is 13.9. The van der Waals surface area contributed by atoms with Crippen molar-refractivity contribution in [2.24, 2.45) is 5.92 Å². The first-order valence-corrected chi connectivity index (χ1v) is 14.7. The van der Waals surface area contributed by atoms with Crippen molar-refractivity contribution in [3.05, 3.63) is 65.5 Å². The number of aromatic nitrogens is 1. The van der Waals surface area contributed by atoms with Gasteiger partial charge in [0.05, 0.1) is 18.2 Å². The van der Waals surface area contributed by atoms with Gasteiger partial charge < -0.3 is 30.9 Å². The summed E-state index contributed by atoms with van der Waals surface area (Å²) in [5, 5.41) is 27.8. The molecule has 1 aromatic carbocycles. The molecule has 2 saturated heterocycles. The monoisotopic (exact) mass is 603 g/mol. The van der Waals surface area contributed by atoms with Gasteiger partial charge in [-0.15, -0.1) is 0 Å². The van der Waals surface area contributed by atoms with E-state index in [1.54, 1.807) is 6.92 Å². The quantitative estimate of drug-likeness (QED) is 0.360. The zero-order valence-corrected chi connectivity index (χ0v) is 24.7. The van der Waals surface area contributed by atoms with E-state index in [0.29, 0.717) is 6.42 Å². The molecule has 4 rings (SSSR count). The molecule has 5 atom stereocenters. The van der Waals surface area contributed by atoms with E-state index in [2.05, 4.69) is 20.9 Å². The number of nitrogens with one attached hydrogen (secondary N) is 3. The zero-order chi connectivity index (χ0) is 31.8. The van der Waals surface area contributed by atoms with E-state index in [4.69, 9.17) is 5.26 Å². The summed E-state index contributed by atoms with van der Waals surface area (Å²) in [5.41, 5.74) is 1.05. The van der Waals surface area contributed by atoms with Crippen LogP contribution in [-0.2, 0) is 25.6 Å². The molecular formula is C31H37N7O6. The summed E-state index contributed by atoms with van der Waals surface area (Å²) in [5.74, 6) is -3.12. The van der Waals surface area contributed by atoms with Crippen LogP contribution in [0.4, 0.5) is 0 Å². The maximum atomic E-state index is 13.9. The van der Waals surface area contributed by atoms with Crippen LogP contribution in [-0.4, -0.2) is 99.8 Å². The van der Waals surface area contributed by atoms with E-state index in [1.165, 1.54) is 28.1 Å². The second kappa shape index (κ2) is 14.6. The molecule has 0 bridgehead atoms. The first-order chi connectivity index (χ1) is 21.1. The number of rotatable bonds is 5. The summed E-state index contributed by atoms with van der Waals surface area (Å²) in [6.45, 7) is 3.03. The highest BCUT2D eigenvalue weighted by molar-refractivity contribution is 5.98. The molecule has 1 aromatic heterocycles. The minimum Gasteiger partial charge on any atom is -0.391 e. The van der Waals surface area contributed by atoms with Crippen LogP contribution in [0.15, 0.2) is 48.7 Å². The predicted octanol–water partition coefficient (Wildman–Crippen LogP) is -0.255. The first-order valence-electron chi connectivity index (χ1n) is 14.7. The Morgan fingerprint density at radius 2 is 1.86 bits per heavy atom. The van der Waals surface area contributed by atoms with Gasteiger partial charge in [-0.25, -0.2) is 4.98 Å². The summed E-state index contributed by atoms with van der Waals surface area (Å²) in [6.07, 6.45) is 0.956. The molecule has 3 heterocycles. The fraction of sp³-hybridized carbons (Fsp3) is 0.452. The number of nitriles is 1. The molecule has 2 aliphatic rings. The highest BCUT2D eigenvalue weighted by Crippen LogP contribution is 2.22. The summed E-state index contributed by atoms with van der Waals surface area (Å²) < 4.78 is 0. The van der Waals surface area contributed by atoms with Crippen LogP contribution in [0.2, 0.25) is 0 Å². The van der Waals surface area contributed by atoms with Gasteiger partial charge in [-0.05, 0) is 23.6 Å². The van der Waals surface area contributed by atoms with Crippen molar-refractivity contribution in [2.45, 2.75) is 57.3 Å². The highest BCUT2D eigenvalue weighted by atomic mass is 16.3. The molecule has 232 valence electrons. The maximum Gasteiger partial charge on any atom is 0.255 e. The number of hydrogen-bond donors (Lipinski definition) is 4. The van der Waals surface area contributed by atoms with Gasteiger partial charge in [0.15, 0.2) is 0 Å². The average Bonchev–Trinajstić information content (AvgIpc) is 3.43. The summed E-state index contributed by atoms with van der Waals surface area (Å²) in [7, 11) is 0. The predicted molar refractivity (Wildman–Crippen MR) is 157 cm³/mol. The third-order valence-corrected chi connectivity index (χ3v) is 8.00. The molecule has 4 N–H and O–H groups in total. The zero-order valence-electron chi connectivity index (χ0n) is 24.7. The molecule has 2 fully saturated rings. The molecule has 5 amide bonds. The largest absolute Gasteiger partial charge is 0.391 e. The van der Waals surface area contributed by atoms with Gasteiger partial charge >= 0.3 is 0 Å². The molecule has 0 spiro atoms. The van der Waals surface area contributed by atoms with Gasteiger partial charge in [0.2, 0.25) is 23.6 Å². The minimum absolute atomic E-state index is 0.0146. The van der Waals surface area contributed by atoms with Crippen LogP contribution < -0.4 is 16.0 Å². The number of carbonyl (C=O) groups is 5. The van der Waals surface area contributed by atoms with Crippen LogP contribution in [0.25, 0.3) is 0 Å². The third kappa shape index (κ3) is 7.76. The lowest BCUT2D eigenvalue weighted by Crippen LogP contribution is -2.58. The SMILES string of the molecule is CC[C@H](C)[C@@H]1NC(=O)CN(C(=O)c2ccc(C#N)nc2)CCNC(=O)[C@H](Cc2ccccc2)NC(=O)[C@@H]2C[C@@H](O)CN2C1=O. The molecule has 0 radical (unpaired) electrons. The second-order valence-electron chi connectivity index (χ2n) is 11.1.